The van der Waals surface area contributed by atoms with E-state index in [-0.39, 0.29) is 24.3 Å². The summed E-state index contributed by atoms with van der Waals surface area (Å²) in [5, 5.41) is 24.7. The van der Waals surface area contributed by atoms with Gasteiger partial charge < -0.3 is 20.5 Å². The molecule has 0 bridgehead atoms. The van der Waals surface area contributed by atoms with Crippen molar-refractivity contribution in [2.75, 3.05) is 0 Å². The number of ether oxygens (including phenoxy) is 1. The Bertz CT molecular complexity index is 910. The van der Waals surface area contributed by atoms with Crippen LogP contribution in [0.4, 0.5) is 4.79 Å². The summed E-state index contributed by atoms with van der Waals surface area (Å²) in [6.07, 6.45) is 2.50. The van der Waals surface area contributed by atoms with Crippen molar-refractivity contribution in [1.82, 2.24) is 10.6 Å². The summed E-state index contributed by atoms with van der Waals surface area (Å²) in [7, 11) is 0. The molecular weight excluding hydrogens is 382 g/mol. The molecule has 3 atom stereocenters. The SMILES string of the molecule is N#CC(NC(=O)[C@H]1CCCC[C@H]1NC(=O)OCc1ccccc1)c1cccc(O)c1. The monoisotopic (exact) mass is 407 g/mol. The van der Waals surface area contributed by atoms with Crippen molar-refractivity contribution in [3.63, 3.8) is 0 Å². The van der Waals surface area contributed by atoms with Crippen LogP contribution in [-0.4, -0.2) is 23.1 Å². The largest absolute Gasteiger partial charge is 0.508 e. The van der Waals surface area contributed by atoms with E-state index in [1.807, 2.05) is 30.3 Å². The average molecular weight is 407 g/mol. The Morgan fingerprint density at radius 1 is 1.13 bits per heavy atom. The van der Waals surface area contributed by atoms with E-state index < -0.39 is 18.1 Å². The van der Waals surface area contributed by atoms with E-state index in [1.165, 1.54) is 12.1 Å². The fourth-order valence-electron chi connectivity index (χ4n) is 3.68. The molecule has 0 spiro atoms. The number of amides is 2. The standard InChI is InChI=1S/C23H25N3O4/c24-14-21(17-9-6-10-18(27)13-17)25-22(28)19-11-4-5-12-20(19)26-23(29)30-15-16-7-2-1-3-8-16/h1-3,6-10,13,19-21,27H,4-5,11-12,15H2,(H,25,28)(H,26,29)/t19-,20+,21?/m0/s1. The number of nitrogens with zero attached hydrogens (tertiary/aromatic N) is 1. The summed E-state index contributed by atoms with van der Waals surface area (Å²) in [6.45, 7) is 0.157. The predicted molar refractivity (Wildman–Crippen MR) is 110 cm³/mol. The van der Waals surface area contributed by atoms with E-state index >= 15 is 0 Å². The van der Waals surface area contributed by atoms with Crippen LogP contribution < -0.4 is 10.6 Å². The molecule has 2 aromatic rings. The fraction of sp³-hybridized carbons (Fsp3) is 0.348. The first-order valence-electron chi connectivity index (χ1n) is 10.0. The molecule has 3 rings (SSSR count). The van der Waals surface area contributed by atoms with E-state index in [4.69, 9.17) is 4.74 Å². The first kappa shape index (κ1) is 21.2. The van der Waals surface area contributed by atoms with Gasteiger partial charge in [-0.2, -0.15) is 5.26 Å². The Balaban J connectivity index is 1.59. The minimum absolute atomic E-state index is 0.0281. The van der Waals surface area contributed by atoms with Crippen molar-refractivity contribution < 1.29 is 19.4 Å². The van der Waals surface area contributed by atoms with Crippen molar-refractivity contribution in [1.29, 1.82) is 5.26 Å². The number of rotatable bonds is 6. The first-order chi connectivity index (χ1) is 14.6. The highest BCUT2D eigenvalue weighted by atomic mass is 16.5. The summed E-state index contributed by atoms with van der Waals surface area (Å²) in [5.41, 5.74) is 1.39. The molecule has 0 aliphatic heterocycles. The molecule has 1 unspecified atom stereocenters. The lowest BCUT2D eigenvalue weighted by Crippen LogP contribution is -2.49. The highest BCUT2D eigenvalue weighted by molar-refractivity contribution is 5.81. The van der Waals surface area contributed by atoms with Gasteiger partial charge in [-0.1, -0.05) is 55.3 Å². The van der Waals surface area contributed by atoms with Crippen LogP contribution in [0.2, 0.25) is 0 Å². The van der Waals surface area contributed by atoms with Gasteiger partial charge in [0.2, 0.25) is 5.91 Å². The number of hydrogen-bond acceptors (Lipinski definition) is 5. The van der Waals surface area contributed by atoms with Crippen LogP contribution in [0.15, 0.2) is 54.6 Å². The maximum absolute atomic E-state index is 12.9. The van der Waals surface area contributed by atoms with Gasteiger partial charge in [-0.25, -0.2) is 4.79 Å². The number of aromatic hydroxyl groups is 1. The molecule has 3 N–H and O–H groups in total. The summed E-state index contributed by atoms with van der Waals surface area (Å²) in [4.78, 5) is 25.1. The zero-order chi connectivity index (χ0) is 21.3. The summed E-state index contributed by atoms with van der Waals surface area (Å²) in [6, 6.07) is 16.4. The quantitative estimate of drug-likeness (QED) is 0.678. The molecular formula is C23H25N3O4. The molecule has 1 fully saturated rings. The van der Waals surface area contributed by atoms with Gasteiger partial charge in [0.15, 0.2) is 0 Å². The third kappa shape index (κ3) is 5.74. The van der Waals surface area contributed by atoms with E-state index in [9.17, 15) is 20.0 Å². The highest BCUT2D eigenvalue weighted by Crippen LogP contribution is 2.26. The topological polar surface area (TPSA) is 111 Å². The van der Waals surface area contributed by atoms with E-state index in [1.54, 1.807) is 12.1 Å². The minimum Gasteiger partial charge on any atom is -0.508 e. The number of hydrogen-bond donors (Lipinski definition) is 3. The van der Waals surface area contributed by atoms with Crippen LogP contribution in [0.5, 0.6) is 5.75 Å². The molecule has 0 radical (unpaired) electrons. The van der Waals surface area contributed by atoms with Crippen LogP contribution in [0.3, 0.4) is 0 Å². The molecule has 156 valence electrons. The Morgan fingerprint density at radius 2 is 1.90 bits per heavy atom. The number of phenolic OH excluding ortho intramolecular Hbond substituents is 1. The molecule has 30 heavy (non-hydrogen) atoms. The summed E-state index contributed by atoms with van der Waals surface area (Å²) < 4.78 is 5.28. The molecule has 2 aromatic carbocycles. The zero-order valence-corrected chi connectivity index (χ0v) is 16.6. The number of alkyl carbamates (subject to hydrolysis) is 1. The third-order valence-electron chi connectivity index (χ3n) is 5.24. The lowest BCUT2D eigenvalue weighted by Gasteiger charge is -2.31. The molecule has 0 aromatic heterocycles. The van der Waals surface area contributed by atoms with Gasteiger partial charge in [0.1, 0.15) is 18.4 Å². The van der Waals surface area contributed by atoms with Crippen molar-refractivity contribution in [2.45, 2.75) is 44.4 Å². The van der Waals surface area contributed by atoms with Crippen LogP contribution in [0.25, 0.3) is 0 Å². The maximum atomic E-state index is 12.9. The molecule has 1 saturated carbocycles. The van der Waals surface area contributed by atoms with Gasteiger partial charge >= 0.3 is 6.09 Å². The van der Waals surface area contributed by atoms with Gasteiger partial charge in [-0.15, -0.1) is 0 Å². The second kappa shape index (κ2) is 10.3. The molecule has 7 nitrogen and oxygen atoms in total. The fourth-order valence-corrected chi connectivity index (χ4v) is 3.68. The smallest absolute Gasteiger partial charge is 0.407 e. The Kier molecular flexibility index (Phi) is 7.28. The molecule has 1 aliphatic carbocycles. The van der Waals surface area contributed by atoms with E-state index in [2.05, 4.69) is 16.7 Å². The summed E-state index contributed by atoms with van der Waals surface area (Å²) in [5.74, 6) is -0.713. The van der Waals surface area contributed by atoms with Crippen molar-refractivity contribution in [3.8, 4) is 11.8 Å². The minimum atomic E-state index is -0.878. The normalized spacial score (nSPS) is 19.2. The number of carbonyl (C=O) groups excluding carboxylic acids is 2. The molecule has 1 aliphatic rings. The molecule has 0 saturated heterocycles. The number of phenols is 1. The van der Waals surface area contributed by atoms with Crippen LogP contribution >= 0.6 is 0 Å². The third-order valence-corrected chi connectivity index (χ3v) is 5.24. The van der Waals surface area contributed by atoms with Crippen LogP contribution in [0, 0.1) is 17.2 Å². The predicted octanol–water partition coefficient (Wildman–Crippen LogP) is 3.56. The van der Waals surface area contributed by atoms with Crippen LogP contribution in [-0.2, 0) is 16.1 Å². The second-order valence-electron chi connectivity index (χ2n) is 7.37. The van der Waals surface area contributed by atoms with E-state index in [0.717, 1.165) is 18.4 Å². The number of carbonyl (C=O) groups is 2. The second-order valence-corrected chi connectivity index (χ2v) is 7.37. The Morgan fingerprint density at radius 3 is 2.63 bits per heavy atom. The maximum Gasteiger partial charge on any atom is 0.407 e. The van der Waals surface area contributed by atoms with Crippen LogP contribution in [0.1, 0.15) is 42.9 Å². The molecule has 0 heterocycles. The van der Waals surface area contributed by atoms with Gasteiger partial charge in [0.25, 0.3) is 0 Å². The van der Waals surface area contributed by atoms with Gasteiger partial charge in [0.05, 0.1) is 12.0 Å². The average Bonchev–Trinajstić information content (AvgIpc) is 2.77. The molecule has 2 amide bonds. The van der Waals surface area contributed by atoms with E-state index in [0.29, 0.717) is 18.4 Å². The number of benzene rings is 2. The van der Waals surface area contributed by atoms with Gasteiger partial charge in [0, 0.05) is 6.04 Å². The summed E-state index contributed by atoms with van der Waals surface area (Å²) >= 11 is 0. The van der Waals surface area contributed by atoms with Crippen molar-refractivity contribution >= 4 is 12.0 Å². The van der Waals surface area contributed by atoms with Gasteiger partial charge in [-0.3, -0.25) is 4.79 Å². The van der Waals surface area contributed by atoms with Crippen molar-refractivity contribution in [3.05, 3.63) is 65.7 Å². The highest BCUT2D eigenvalue weighted by Gasteiger charge is 2.33. The lowest BCUT2D eigenvalue weighted by atomic mass is 9.83. The Labute approximate surface area is 175 Å². The number of nitriles is 1. The van der Waals surface area contributed by atoms with Crippen molar-refractivity contribution in [2.24, 2.45) is 5.92 Å². The zero-order valence-electron chi connectivity index (χ0n) is 16.6. The van der Waals surface area contributed by atoms with Gasteiger partial charge in [-0.05, 0) is 36.1 Å². The first-order valence-corrected chi connectivity index (χ1v) is 10.0. The Hall–Kier alpha value is -3.53. The number of nitrogens with one attached hydrogen (secondary N) is 2. The lowest BCUT2D eigenvalue weighted by molar-refractivity contribution is -0.127. The molecule has 7 heteroatoms.